The van der Waals surface area contributed by atoms with Crippen LogP contribution in [0.1, 0.15) is 46.8 Å². The van der Waals surface area contributed by atoms with Gasteiger partial charge in [-0.05, 0) is 84.5 Å². The summed E-state index contributed by atoms with van der Waals surface area (Å²) in [6.45, 7) is 0. The summed E-state index contributed by atoms with van der Waals surface area (Å²) >= 11 is 3.44. The van der Waals surface area contributed by atoms with E-state index in [0.717, 1.165) is 46.1 Å². The number of carbonyl (C=O) groups excluding carboxylic acids is 1. The van der Waals surface area contributed by atoms with Gasteiger partial charge >= 0.3 is 0 Å². The van der Waals surface area contributed by atoms with Crippen LogP contribution in [0.4, 0.5) is 8.78 Å². The summed E-state index contributed by atoms with van der Waals surface area (Å²) in [5.41, 5.74) is 4.21. The number of carbonyl (C=O) groups is 1. The molecule has 1 aliphatic carbocycles. The quantitative estimate of drug-likeness (QED) is 0.370. The van der Waals surface area contributed by atoms with Gasteiger partial charge in [0.15, 0.2) is 0 Å². The van der Waals surface area contributed by atoms with Crippen molar-refractivity contribution in [2.24, 2.45) is 11.0 Å². The van der Waals surface area contributed by atoms with Gasteiger partial charge in [-0.25, -0.2) is 13.8 Å². The first-order valence-corrected chi connectivity index (χ1v) is 11.7. The van der Waals surface area contributed by atoms with Crippen LogP contribution in [-0.4, -0.2) is 16.6 Å². The van der Waals surface area contributed by atoms with Crippen LogP contribution in [0, 0.1) is 17.6 Å². The maximum absolute atomic E-state index is 13.7. The topological polar surface area (TPSA) is 32.7 Å². The third kappa shape index (κ3) is 4.40. The molecule has 0 N–H and O–H groups in total. The Morgan fingerprint density at radius 3 is 2.39 bits per heavy atom. The predicted molar refractivity (Wildman–Crippen MR) is 129 cm³/mol. The molecule has 5 rings (SSSR count). The number of nitrogens with zero attached hydrogens (tertiary/aromatic N) is 2. The molecule has 166 valence electrons. The van der Waals surface area contributed by atoms with Crippen LogP contribution in [0.25, 0.3) is 6.08 Å². The fourth-order valence-electron chi connectivity index (χ4n) is 4.68. The van der Waals surface area contributed by atoms with Gasteiger partial charge in [0.1, 0.15) is 11.6 Å². The predicted octanol–water partition coefficient (Wildman–Crippen LogP) is 7.16. The van der Waals surface area contributed by atoms with Crippen molar-refractivity contribution in [3.8, 4) is 0 Å². The average Bonchev–Trinajstić information content (AvgIpc) is 3.21. The lowest BCUT2D eigenvalue weighted by atomic mass is 9.77. The van der Waals surface area contributed by atoms with E-state index in [9.17, 15) is 13.6 Å². The second-order valence-corrected chi connectivity index (χ2v) is 9.28. The molecular formula is C27H21BrF2N2O. The number of hydrogen-bond acceptors (Lipinski definition) is 2. The Kier molecular flexibility index (Phi) is 5.94. The lowest BCUT2D eigenvalue weighted by Crippen LogP contribution is -2.31. The molecule has 1 amide bonds. The highest BCUT2D eigenvalue weighted by molar-refractivity contribution is 9.10. The lowest BCUT2D eigenvalue weighted by Gasteiger charge is -2.29. The maximum Gasteiger partial charge on any atom is 0.274 e. The first kappa shape index (κ1) is 21.7. The molecule has 2 atom stereocenters. The minimum absolute atomic E-state index is 0.00649. The highest BCUT2D eigenvalue weighted by Crippen LogP contribution is 2.45. The van der Waals surface area contributed by atoms with E-state index in [0.29, 0.717) is 5.56 Å². The molecule has 3 nitrogen and oxygen atoms in total. The van der Waals surface area contributed by atoms with E-state index in [-0.39, 0.29) is 29.5 Å². The standard InChI is InChI=1S/C27H21BrF2N2O/c28-21-5-1-4-20(16-21)27(33)32-26(18-9-13-23(30)14-10-18)24-6-2-3-19(25(24)31-32)15-17-7-11-22(29)12-8-17/h1,4-5,7-16,24,26H,2-3,6H2/b19-15-/t24-,26-/m0/s1. The van der Waals surface area contributed by atoms with Crippen molar-refractivity contribution >= 4 is 33.6 Å². The van der Waals surface area contributed by atoms with Gasteiger partial charge in [0.2, 0.25) is 0 Å². The van der Waals surface area contributed by atoms with Crippen molar-refractivity contribution in [3.63, 3.8) is 0 Å². The van der Waals surface area contributed by atoms with Crippen LogP contribution >= 0.6 is 15.9 Å². The molecule has 6 heteroatoms. The fourth-order valence-corrected chi connectivity index (χ4v) is 5.07. The Morgan fingerprint density at radius 1 is 1.00 bits per heavy atom. The molecule has 33 heavy (non-hydrogen) atoms. The van der Waals surface area contributed by atoms with E-state index in [1.165, 1.54) is 24.3 Å². The third-order valence-corrected chi connectivity index (χ3v) is 6.70. The smallest absolute Gasteiger partial charge is 0.267 e. The molecule has 1 fully saturated rings. The highest BCUT2D eigenvalue weighted by atomic mass is 79.9. The van der Waals surface area contributed by atoms with E-state index in [2.05, 4.69) is 15.9 Å². The number of rotatable bonds is 3. The largest absolute Gasteiger partial charge is 0.274 e. The summed E-state index contributed by atoms with van der Waals surface area (Å²) in [5.74, 6) is -0.789. The van der Waals surface area contributed by atoms with Crippen LogP contribution in [0.5, 0.6) is 0 Å². The van der Waals surface area contributed by atoms with Crippen LogP contribution < -0.4 is 0 Å². The summed E-state index contributed by atoms with van der Waals surface area (Å²) < 4.78 is 27.8. The van der Waals surface area contributed by atoms with E-state index < -0.39 is 0 Å². The summed E-state index contributed by atoms with van der Waals surface area (Å²) in [6, 6.07) is 19.6. The van der Waals surface area contributed by atoms with Crippen molar-refractivity contribution in [1.29, 1.82) is 0 Å². The molecule has 3 aromatic rings. The average molecular weight is 507 g/mol. The van der Waals surface area contributed by atoms with Gasteiger partial charge < -0.3 is 0 Å². The summed E-state index contributed by atoms with van der Waals surface area (Å²) in [5, 5.41) is 6.39. The second kappa shape index (κ2) is 9.02. The maximum atomic E-state index is 13.7. The molecule has 0 saturated heterocycles. The Labute approximate surface area is 199 Å². The van der Waals surface area contributed by atoms with Crippen LogP contribution in [0.15, 0.2) is 87.9 Å². The molecular weight excluding hydrogens is 486 g/mol. The molecule has 0 aromatic heterocycles. The van der Waals surface area contributed by atoms with Crippen molar-refractivity contribution in [1.82, 2.24) is 5.01 Å². The van der Waals surface area contributed by atoms with Crippen LogP contribution in [-0.2, 0) is 0 Å². The summed E-state index contributed by atoms with van der Waals surface area (Å²) in [4.78, 5) is 13.6. The number of hydrogen-bond donors (Lipinski definition) is 0. The Bertz CT molecular complexity index is 1250. The van der Waals surface area contributed by atoms with E-state index in [1.54, 1.807) is 41.4 Å². The van der Waals surface area contributed by atoms with Gasteiger partial charge in [-0.1, -0.05) is 46.3 Å². The third-order valence-electron chi connectivity index (χ3n) is 6.20. The molecule has 0 unspecified atom stereocenters. The number of fused-ring (bicyclic) bond motifs is 1. The highest BCUT2D eigenvalue weighted by Gasteiger charge is 2.43. The van der Waals surface area contributed by atoms with Gasteiger partial charge in [-0.3, -0.25) is 4.79 Å². The molecule has 1 heterocycles. The molecule has 0 spiro atoms. The molecule has 0 bridgehead atoms. The Balaban J connectivity index is 1.58. The van der Waals surface area contributed by atoms with E-state index in [4.69, 9.17) is 5.10 Å². The Hall–Kier alpha value is -3.12. The summed E-state index contributed by atoms with van der Waals surface area (Å²) in [6.07, 6.45) is 4.69. The molecule has 1 saturated carbocycles. The van der Waals surface area contributed by atoms with Crippen molar-refractivity contribution < 1.29 is 13.6 Å². The zero-order valence-corrected chi connectivity index (χ0v) is 19.3. The number of benzene rings is 3. The van der Waals surface area contributed by atoms with Crippen molar-refractivity contribution in [2.75, 3.05) is 0 Å². The molecule has 1 aliphatic heterocycles. The van der Waals surface area contributed by atoms with Crippen molar-refractivity contribution in [3.05, 3.63) is 111 Å². The van der Waals surface area contributed by atoms with Crippen LogP contribution in [0.3, 0.4) is 0 Å². The minimum atomic E-state index is -0.316. The van der Waals surface area contributed by atoms with Gasteiger partial charge in [0, 0.05) is 16.0 Å². The number of allylic oxidation sites excluding steroid dienone is 1. The number of hydrazone groups is 1. The SMILES string of the molecule is O=C(c1cccc(Br)c1)N1N=C2/C(=C\c3ccc(F)cc3)CCC[C@@H]2[C@@H]1c1ccc(F)cc1. The molecule has 3 aromatic carbocycles. The van der Waals surface area contributed by atoms with Gasteiger partial charge in [0.05, 0.1) is 11.8 Å². The lowest BCUT2D eigenvalue weighted by molar-refractivity contribution is 0.0680. The number of halogens is 3. The minimum Gasteiger partial charge on any atom is -0.267 e. The first-order chi connectivity index (χ1) is 16.0. The summed E-state index contributed by atoms with van der Waals surface area (Å²) in [7, 11) is 0. The van der Waals surface area contributed by atoms with E-state index >= 15 is 0 Å². The fraction of sp³-hybridized carbons (Fsp3) is 0.185. The van der Waals surface area contributed by atoms with Gasteiger partial charge in [0.25, 0.3) is 5.91 Å². The zero-order valence-electron chi connectivity index (χ0n) is 17.7. The van der Waals surface area contributed by atoms with E-state index in [1.807, 2.05) is 18.2 Å². The Morgan fingerprint density at radius 2 is 1.70 bits per heavy atom. The molecule has 2 aliphatic rings. The first-order valence-electron chi connectivity index (χ1n) is 10.9. The monoisotopic (exact) mass is 506 g/mol. The van der Waals surface area contributed by atoms with Crippen molar-refractivity contribution in [2.45, 2.75) is 25.3 Å². The van der Waals surface area contributed by atoms with Gasteiger partial charge in [-0.15, -0.1) is 0 Å². The zero-order chi connectivity index (χ0) is 22.9. The molecule has 0 radical (unpaired) electrons. The van der Waals surface area contributed by atoms with Crippen LogP contribution in [0.2, 0.25) is 0 Å². The number of amides is 1. The normalized spacial score (nSPS) is 21.1. The van der Waals surface area contributed by atoms with Gasteiger partial charge in [-0.2, -0.15) is 5.10 Å². The second-order valence-electron chi connectivity index (χ2n) is 8.36.